The largest absolute Gasteiger partial charge is 0.337 e. The summed E-state index contributed by atoms with van der Waals surface area (Å²) in [6.45, 7) is 2.84. The summed E-state index contributed by atoms with van der Waals surface area (Å²) in [6.07, 6.45) is 6.42. The predicted molar refractivity (Wildman–Crippen MR) is 117 cm³/mol. The smallest absolute Gasteiger partial charge is 0.265 e. The molecule has 3 aromatic heterocycles. The summed E-state index contributed by atoms with van der Waals surface area (Å²) in [6, 6.07) is 7.10. The third kappa shape index (κ3) is 4.49. The first-order valence-electron chi connectivity index (χ1n) is 9.61. The number of halogens is 1. The molecule has 154 valence electrons. The molecule has 2 amide bonds. The Hall–Kier alpha value is -2.84. The first-order chi connectivity index (χ1) is 14.5. The third-order valence-electron chi connectivity index (χ3n) is 4.96. The van der Waals surface area contributed by atoms with Crippen LogP contribution in [0.3, 0.4) is 0 Å². The first-order valence-corrected chi connectivity index (χ1v) is 10.8. The number of carbonyl (C=O) groups excluding carboxylic acids is 2. The van der Waals surface area contributed by atoms with Gasteiger partial charge in [0.25, 0.3) is 5.91 Å². The second kappa shape index (κ2) is 8.89. The number of nitrogens with zero attached hydrogens (tertiary/aromatic N) is 4. The Morgan fingerprint density at radius 1 is 1.27 bits per heavy atom. The summed E-state index contributed by atoms with van der Waals surface area (Å²) in [5.74, 6) is -0.0554. The van der Waals surface area contributed by atoms with Gasteiger partial charge >= 0.3 is 0 Å². The van der Waals surface area contributed by atoms with Crippen molar-refractivity contribution in [3.05, 3.63) is 58.4 Å². The van der Waals surface area contributed by atoms with Crippen molar-refractivity contribution in [1.82, 2.24) is 19.9 Å². The number of carbonyl (C=O) groups is 2. The SMILES string of the molecule is Cc1nc(-c2cccnc2)sc1C(=O)N1CCCC(C(=O)Nc2ccc(Cl)cn2)C1. The monoisotopic (exact) mass is 441 g/mol. The molecule has 0 spiro atoms. The van der Waals surface area contributed by atoms with E-state index in [4.69, 9.17) is 11.6 Å². The number of hydrogen-bond donors (Lipinski definition) is 1. The van der Waals surface area contributed by atoms with E-state index >= 15 is 0 Å². The normalized spacial score (nSPS) is 16.3. The Labute approximate surface area is 183 Å². The Morgan fingerprint density at radius 2 is 2.13 bits per heavy atom. The molecule has 1 N–H and O–H groups in total. The molecule has 1 fully saturated rings. The molecular formula is C21H20ClN5O2S. The maximum absolute atomic E-state index is 13.2. The van der Waals surface area contributed by atoms with Crippen LogP contribution in [0.15, 0.2) is 42.9 Å². The van der Waals surface area contributed by atoms with Gasteiger partial charge in [0.1, 0.15) is 15.7 Å². The number of nitrogens with one attached hydrogen (secondary N) is 1. The third-order valence-corrected chi connectivity index (χ3v) is 6.38. The zero-order valence-corrected chi connectivity index (χ0v) is 17.9. The van der Waals surface area contributed by atoms with Crippen LogP contribution in [-0.4, -0.2) is 44.8 Å². The standard InChI is InChI=1S/C21H20ClN5O2S/c1-13-18(30-20(25-13)14-4-2-8-23-10-14)21(29)27-9-3-5-15(12-27)19(28)26-17-7-6-16(22)11-24-17/h2,4,6-8,10-11,15H,3,5,9,12H2,1H3,(H,24,26,28). The number of thiazole rings is 1. The van der Waals surface area contributed by atoms with E-state index in [2.05, 4.69) is 20.3 Å². The number of pyridine rings is 2. The zero-order chi connectivity index (χ0) is 21.1. The lowest BCUT2D eigenvalue weighted by Crippen LogP contribution is -2.43. The summed E-state index contributed by atoms with van der Waals surface area (Å²) in [5.41, 5.74) is 1.58. The van der Waals surface area contributed by atoms with Crippen molar-refractivity contribution in [3.8, 4) is 10.6 Å². The summed E-state index contributed by atoms with van der Waals surface area (Å²) in [4.78, 5) is 40.9. The Bertz CT molecular complexity index is 1060. The fourth-order valence-electron chi connectivity index (χ4n) is 3.40. The molecule has 7 nitrogen and oxygen atoms in total. The van der Waals surface area contributed by atoms with Crippen LogP contribution >= 0.6 is 22.9 Å². The Kier molecular flexibility index (Phi) is 6.06. The molecule has 0 saturated carbocycles. The summed E-state index contributed by atoms with van der Waals surface area (Å²) >= 11 is 7.20. The fourth-order valence-corrected chi connectivity index (χ4v) is 4.54. The van der Waals surface area contributed by atoms with E-state index in [1.165, 1.54) is 17.5 Å². The Balaban J connectivity index is 1.45. The molecule has 1 atom stereocenters. The highest BCUT2D eigenvalue weighted by Crippen LogP contribution is 2.29. The van der Waals surface area contributed by atoms with Crippen molar-refractivity contribution >= 4 is 40.6 Å². The highest BCUT2D eigenvalue weighted by Gasteiger charge is 2.31. The van der Waals surface area contributed by atoms with E-state index in [0.717, 1.165) is 23.4 Å². The minimum Gasteiger partial charge on any atom is -0.337 e. The van der Waals surface area contributed by atoms with E-state index in [1.807, 2.05) is 19.1 Å². The number of piperidine rings is 1. The summed E-state index contributed by atoms with van der Waals surface area (Å²) in [5, 5.41) is 4.09. The molecule has 1 aliphatic rings. The van der Waals surface area contributed by atoms with Crippen LogP contribution in [0.5, 0.6) is 0 Å². The topological polar surface area (TPSA) is 88.1 Å². The van der Waals surface area contributed by atoms with Crippen molar-refractivity contribution in [1.29, 1.82) is 0 Å². The number of aryl methyl sites for hydroxylation is 1. The second-order valence-electron chi connectivity index (χ2n) is 7.12. The fraction of sp³-hybridized carbons (Fsp3) is 0.286. The number of amides is 2. The highest BCUT2D eigenvalue weighted by molar-refractivity contribution is 7.17. The molecule has 0 aromatic carbocycles. The maximum atomic E-state index is 13.2. The first kappa shape index (κ1) is 20.4. The van der Waals surface area contributed by atoms with Crippen molar-refractivity contribution in [2.24, 2.45) is 5.92 Å². The molecule has 9 heteroatoms. The van der Waals surface area contributed by atoms with Gasteiger partial charge in [-0.1, -0.05) is 11.6 Å². The van der Waals surface area contributed by atoms with Gasteiger partial charge in [0, 0.05) is 37.2 Å². The highest BCUT2D eigenvalue weighted by atomic mass is 35.5. The van der Waals surface area contributed by atoms with Crippen molar-refractivity contribution < 1.29 is 9.59 Å². The molecule has 3 aromatic rings. The van der Waals surface area contributed by atoms with E-state index in [9.17, 15) is 9.59 Å². The number of likely N-dealkylation sites (tertiary alicyclic amines) is 1. The summed E-state index contributed by atoms with van der Waals surface area (Å²) < 4.78 is 0. The van der Waals surface area contributed by atoms with Gasteiger partial charge in [0.15, 0.2) is 0 Å². The van der Waals surface area contributed by atoms with Gasteiger partial charge in [-0.2, -0.15) is 0 Å². The van der Waals surface area contributed by atoms with Gasteiger partial charge in [-0.25, -0.2) is 9.97 Å². The number of hydrogen-bond acceptors (Lipinski definition) is 6. The average Bonchev–Trinajstić information content (AvgIpc) is 3.17. The molecule has 1 saturated heterocycles. The minimum atomic E-state index is -0.286. The predicted octanol–water partition coefficient (Wildman–Crippen LogP) is 4.05. The molecule has 0 radical (unpaired) electrons. The van der Waals surface area contributed by atoms with E-state index in [0.29, 0.717) is 34.5 Å². The van der Waals surface area contributed by atoms with Crippen LogP contribution in [0.4, 0.5) is 5.82 Å². The van der Waals surface area contributed by atoms with Crippen LogP contribution in [0.1, 0.15) is 28.2 Å². The number of anilines is 1. The minimum absolute atomic E-state index is 0.0812. The van der Waals surface area contributed by atoms with Crippen LogP contribution in [0, 0.1) is 12.8 Å². The van der Waals surface area contributed by atoms with E-state index in [1.54, 1.807) is 29.4 Å². The van der Waals surface area contributed by atoms with E-state index in [-0.39, 0.29) is 17.7 Å². The van der Waals surface area contributed by atoms with Crippen molar-refractivity contribution in [3.63, 3.8) is 0 Å². The Morgan fingerprint density at radius 3 is 2.87 bits per heavy atom. The zero-order valence-electron chi connectivity index (χ0n) is 16.3. The maximum Gasteiger partial charge on any atom is 0.265 e. The van der Waals surface area contributed by atoms with Crippen LogP contribution < -0.4 is 5.32 Å². The molecule has 4 heterocycles. The lowest BCUT2D eigenvalue weighted by atomic mass is 9.97. The number of rotatable bonds is 4. The lowest BCUT2D eigenvalue weighted by Gasteiger charge is -2.31. The van der Waals surface area contributed by atoms with Gasteiger partial charge in [-0.3, -0.25) is 14.6 Å². The van der Waals surface area contributed by atoms with Gasteiger partial charge in [-0.05, 0) is 44.0 Å². The molecule has 30 heavy (non-hydrogen) atoms. The van der Waals surface area contributed by atoms with Crippen LogP contribution in [0.2, 0.25) is 5.02 Å². The van der Waals surface area contributed by atoms with Crippen molar-refractivity contribution in [2.45, 2.75) is 19.8 Å². The van der Waals surface area contributed by atoms with Crippen molar-refractivity contribution in [2.75, 3.05) is 18.4 Å². The van der Waals surface area contributed by atoms with Gasteiger partial charge in [0.2, 0.25) is 5.91 Å². The second-order valence-corrected chi connectivity index (χ2v) is 8.55. The quantitative estimate of drug-likeness (QED) is 0.659. The average molecular weight is 442 g/mol. The molecule has 4 rings (SSSR count). The molecule has 1 unspecified atom stereocenters. The summed E-state index contributed by atoms with van der Waals surface area (Å²) in [7, 11) is 0. The number of aromatic nitrogens is 3. The molecule has 1 aliphatic heterocycles. The molecule has 0 aliphatic carbocycles. The molecular weight excluding hydrogens is 422 g/mol. The lowest BCUT2D eigenvalue weighted by molar-refractivity contribution is -0.121. The van der Waals surface area contributed by atoms with Gasteiger partial charge in [-0.15, -0.1) is 11.3 Å². The van der Waals surface area contributed by atoms with Gasteiger partial charge in [0.05, 0.1) is 16.6 Å². The van der Waals surface area contributed by atoms with E-state index < -0.39 is 0 Å². The van der Waals surface area contributed by atoms with Crippen LogP contribution in [0.25, 0.3) is 10.6 Å². The van der Waals surface area contributed by atoms with Gasteiger partial charge < -0.3 is 10.2 Å². The van der Waals surface area contributed by atoms with Crippen LogP contribution in [-0.2, 0) is 4.79 Å². The molecule has 0 bridgehead atoms.